The van der Waals surface area contributed by atoms with E-state index < -0.39 is 24.1 Å². The molecule has 2 fully saturated rings. The number of nitrogens with one attached hydrogen (secondary N) is 1. The Bertz CT molecular complexity index is 1450. The van der Waals surface area contributed by atoms with E-state index in [0.717, 1.165) is 5.56 Å². The van der Waals surface area contributed by atoms with E-state index >= 15 is 0 Å². The number of hydrogen-bond acceptors (Lipinski definition) is 4. The molecular formula is C30H28ClFN4O4. The van der Waals surface area contributed by atoms with Gasteiger partial charge in [0.05, 0.1) is 11.6 Å². The number of halogens is 2. The van der Waals surface area contributed by atoms with Crippen LogP contribution < -0.4 is 5.32 Å². The lowest BCUT2D eigenvalue weighted by Gasteiger charge is -2.52. The lowest BCUT2D eigenvalue weighted by atomic mass is 9.97. The van der Waals surface area contributed by atoms with Gasteiger partial charge in [0, 0.05) is 30.8 Å². The largest absolute Gasteiger partial charge is 0.336 e. The minimum atomic E-state index is -1.06. The standard InChI is InChI=1S/C30H28ClFN4O4/c1-19(37)21-7-10-23(11-8-21)33-30(40)35-16-14-27(38)36-26(35)18-34(15-13-20-5-3-2-4-6-20)29(39)28(36)22-9-12-25(32)24(31)17-22/h2-12,17,26,28H,13-16,18H2,1H3,(H,33,40)/t26-,28+/m1/s1. The van der Waals surface area contributed by atoms with Gasteiger partial charge in [0.1, 0.15) is 18.0 Å². The quantitative estimate of drug-likeness (QED) is 0.433. The number of anilines is 1. The van der Waals surface area contributed by atoms with Gasteiger partial charge >= 0.3 is 6.03 Å². The van der Waals surface area contributed by atoms with Crippen LogP contribution in [0.5, 0.6) is 0 Å². The summed E-state index contributed by atoms with van der Waals surface area (Å²) in [5.74, 6) is -1.31. The summed E-state index contributed by atoms with van der Waals surface area (Å²) in [6, 6.07) is 18.7. The van der Waals surface area contributed by atoms with Gasteiger partial charge in [-0.1, -0.05) is 48.0 Å². The van der Waals surface area contributed by atoms with E-state index in [2.05, 4.69) is 5.32 Å². The molecule has 206 valence electrons. The van der Waals surface area contributed by atoms with E-state index in [-0.39, 0.29) is 42.1 Å². The highest BCUT2D eigenvalue weighted by Gasteiger charge is 2.49. The molecule has 1 N–H and O–H groups in total. The number of amides is 4. The number of hydrogen-bond donors (Lipinski definition) is 1. The third-order valence-corrected chi connectivity index (χ3v) is 7.61. The second-order valence-electron chi connectivity index (χ2n) is 9.88. The first-order chi connectivity index (χ1) is 19.2. The number of benzene rings is 3. The SMILES string of the molecule is CC(=O)c1ccc(NC(=O)N2CCC(=O)N3[C@@H](c4ccc(F)c(Cl)c4)C(=O)N(CCc4ccccc4)C[C@H]23)cc1. The average molecular weight is 563 g/mol. The van der Waals surface area contributed by atoms with E-state index in [1.54, 1.807) is 34.1 Å². The van der Waals surface area contributed by atoms with Crippen LogP contribution in [-0.2, 0) is 16.0 Å². The predicted octanol–water partition coefficient (Wildman–Crippen LogP) is 4.90. The van der Waals surface area contributed by atoms with Crippen molar-refractivity contribution in [2.75, 3.05) is 25.0 Å². The monoisotopic (exact) mass is 562 g/mol. The maximum Gasteiger partial charge on any atom is 0.323 e. The number of urea groups is 1. The first kappa shape index (κ1) is 27.3. The van der Waals surface area contributed by atoms with Crippen LogP contribution >= 0.6 is 11.6 Å². The zero-order valence-corrected chi connectivity index (χ0v) is 22.6. The second kappa shape index (κ2) is 11.5. The fraction of sp³-hybridized carbons (Fsp3) is 0.267. The van der Waals surface area contributed by atoms with Crippen LogP contribution in [0.25, 0.3) is 0 Å². The Morgan fingerprint density at radius 1 is 1.02 bits per heavy atom. The van der Waals surface area contributed by atoms with Gasteiger partial charge in [-0.05, 0) is 60.9 Å². The molecule has 2 aliphatic rings. The Morgan fingerprint density at radius 2 is 1.75 bits per heavy atom. The molecule has 8 nitrogen and oxygen atoms in total. The first-order valence-electron chi connectivity index (χ1n) is 13.0. The van der Waals surface area contributed by atoms with Gasteiger partial charge in [0.2, 0.25) is 11.8 Å². The molecule has 0 aliphatic carbocycles. The van der Waals surface area contributed by atoms with E-state index in [4.69, 9.17) is 11.6 Å². The normalized spacial score (nSPS) is 18.9. The molecule has 4 amide bonds. The van der Waals surface area contributed by atoms with Gasteiger partial charge < -0.3 is 20.0 Å². The van der Waals surface area contributed by atoms with Crippen LogP contribution in [0.2, 0.25) is 5.02 Å². The van der Waals surface area contributed by atoms with Gasteiger partial charge in [0.15, 0.2) is 5.78 Å². The average Bonchev–Trinajstić information content (AvgIpc) is 2.95. The summed E-state index contributed by atoms with van der Waals surface area (Å²) in [6.07, 6.45) is -0.144. The predicted molar refractivity (Wildman–Crippen MR) is 148 cm³/mol. The molecule has 0 radical (unpaired) electrons. The van der Waals surface area contributed by atoms with E-state index in [9.17, 15) is 23.6 Å². The molecule has 5 rings (SSSR count). The van der Waals surface area contributed by atoms with E-state index in [0.29, 0.717) is 29.8 Å². The summed E-state index contributed by atoms with van der Waals surface area (Å²) in [6.45, 7) is 2.12. The fourth-order valence-electron chi connectivity index (χ4n) is 5.21. The molecule has 0 bridgehead atoms. The zero-order chi connectivity index (χ0) is 28.4. The fourth-order valence-corrected chi connectivity index (χ4v) is 5.40. The molecule has 2 aliphatic heterocycles. The molecule has 0 saturated carbocycles. The topological polar surface area (TPSA) is 90.0 Å². The molecule has 2 heterocycles. The van der Waals surface area contributed by atoms with Crippen LogP contribution in [0.1, 0.15) is 40.9 Å². The van der Waals surface area contributed by atoms with Crippen LogP contribution in [0.4, 0.5) is 14.9 Å². The van der Waals surface area contributed by atoms with Crippen LogP contribution in [0.15, 0.2) is 72.8 Å². The Balaban J connectivity index is 1.45. The van der Waals surface area contributed by atoms with Crippen molar-refractivity contribution in [2.24, 2.45) is 0 Å². The van der Waals surface area contributed by atoms with Crippen molar-refractivity contribution < 1.29 is 23.6 Å². The molecule has 10 heteroatoms. The Morgan fingerprint density at radius 3 is 2.42 bits per heavy atom. The highest BCUT2D eigenvalue weighted by Crippen LogP contribution is 2.36. The third-order valence-electron chi connectivity index (χ3n) is 7.32. The van der Waals surface area contributed by atoms with Crippen molar-refractivity contribution in [3.63, 3.8) is 0 Å². The Labute approximate surface area is 236 Å². The maximum absolute atomic E-state index is 14.0. The van der Waals surface area contributed by atoms with Crippen molar-refractivity contribution in [3.8, 4) is 0 Å². The molecular weight excluding hydrogens is 535 g/mol. The van der Waals surface area contributed by atoms with Gasteiger partial charge in [-0.3, -0.25) is 14.4 Å². The number of ketones is 1. The van der Waals surface area contributed by atoms with E-state index in [1.165, 1.54) is 30.0 Å². The molecule has 40 heavy (non-hydrogen) atoms. The summed E-state index contributed by atoms with van der Waals surface area (Å²) in [5.41, 5.74) is 2.44. The van der Waals surface area contributed by atoms with Gasteiger partial charge in [-0.2, -0.15) is 0 Å². The van der Waals surface area contributed by atoms with Crippen LogP contribution in [0, 0.1) is 5.82 Å². The summed E-state index contributed by atoms with van der Waals surface area (Å²) < 4.78 is 14.0. The van der Waals surface area contributed by atoms with E-state index in [1.807, 2.05) is 30.3 Å². The number of Topliss-reactive ketones (excluding diaryl/α,β-unsaturated/α-hetero) is 1. The molecule has 0 unspecified atom stereocenters. The Hall–Kier alpha value is -4.24. The summed E-state index contributed by atoms with van der Waals surface area (Å²) >= 11 is 6.07. The lowest BCUT2D eigenvalue weighted by molar-refractivity contribution is -0.167. The molecule has 2 atom stereocenters. The summed E-state index contributed by atoms with van der Waals surface area (Å²) in [7, 11) is 0. The number of carbonyl (C=O) groups is 4. The molecule has 3 aromatic rings. The van der Waals surface area contributed by atoms with Crippen molar-refractivity contribution in [1.29, 1.82) is 0 Å². The smallest absolute Gasteiger partial charge is 0.323 e. The summed E-state index contributed by atoms with van der Waals surface area (Å²) in [4.78, 5) is 56.8. The number of carbonyl (C=O) groups excluding carboxylic acids is 4. The minimum absolute atomic E-state index is 0.0237. The van der Waals surface area contributed by atoms with Crippen molar-refractivity contribution in [2.45, 2.75) is 32.0 Å². The van der Waals surface area contributed by atoms with Gasteiger partial charge in [-0.25, -0.2) is 9.18 Å². The minimum Gasteiger partial charge on any atom is -0.336 e. The maximum atomic E-state index is 14.0. The zero-order valence-electron chi connectivity index (χ0n) is 21.8. The van der Waals surface area contributed by atoms with Crippen molar-refractivity contribution >= 4 is 40.9 Å². The van der Waals surface area contributed by atoms with Crippen molar-refractivity contribution in [1.82, 2.24) is 14.7 Å². The highest BCUT2D eigenvalue weighted by atomic mass is 35.5. The number of nitrogens with zero attached hydrogens (tertiary/aromatic N) is 3. The highest BCUT2D eigenvalue weighted by molar-refractivity contribution is 6.30. The molecule has 0 spiro atoms. The van der Waals surface area contributed by atoms with Gasteiger partial charge in [-0.15, -0.1) is 0 Å². The second-order valence-corrected chi connectivity index (χ2v) is 10.3. The summed E-state index contributed by atoms with van der Waals surface area (Å²) in [5, 5.41) is 2.69. The molecule has 0 aromatic heterocycles. The number of fused-ring (bicyclic) bond motifs is 1. The molecule has 2 saturated heterocycles. The first-order valence-corrected chi connectivity index (χ1v) is 13.4. The van der Waals surface area contributed by atoms with Crippen LogP contribution in [-0.4, -0.2) is 64.1 Å². The third kappa shape index (κ3) is 5.56. The van der Waals surface area contributed by atoms with Crippen LogP contribution in [0.3, 0.4) is 0 Å². The van der Waals surface area contributed by atoms with Gasteiger partial charge in [0.25, 0.3) is 0 Å². The Kier molecular flexibility index (Phi) is 7.84. The molecule has 3 aromatic carbocycles. The number of rotatable bonds is 6. The lowest BCUT2D eigenvalue weighted by Crippen LogP contribution is -2.69. The van der Waals surface area contributed by atoms with Crippen molar-refractivity contribution in [3.05, 3.63) is 100 Å². The number of piperazine rings is 1.